The van der Waals surface area contributed by atoms with Gasteiger partial charge < -0.3 is 9.72 Å². The largest absolute Gasteiger partial charge is 0.462 e. The highest BCUT2D eigenvalue weighted by Gasteiger charge is 2.21. The molecule has 24 heavy (non-hydrogen) atoms. The number of aromatic amines is 1. The predicted octanol–water partition coefficient (Wildman–Crippen LogP) is 4.76. The minimum atomic E-state index is -0.278. The standard InChI is InChI=1S/C21H21NO2/c1-3-24-21(23)19-18(13-16-9-7-8-15(2)12-16)14-22-20(19)17-10-5-4-6-11-17/h4-12,14,22H,3,13H2,1-2H3. The highest BCUT2D eigenvalue weighted by atomic mass is 16.5. The quantitative estimate of drug-likeness (QED) is 0.689. The van der Waals surface area contributed by atoms with Gasteiger partial charge in [-0.15, -0.1) is 0 Å². The molecule has 0 bridgehead atoms. The Kier molecular flexibility index (Phi) is 4.80. The summed E-state index contributed by atoms with van der Waals surface area (Å²) in [6.45, 7) is 4.26. The molecule has 0 aliphatic carbocycles. The number of hydrogen-bond donors (Lipinski definition) is 1. The number of rotatable bonds is 5. The van der Waals surface area contributed by atoms with Crippen molar-refractivity contribution < 1.29 is 9.53 Å². The topological polar surface area (TPSA) is 42.1 Å². The SMILES string of the molecule is CCOC(=O)c1c(Cc2cccc(C)c2)c[nH]c1-c1ccccc1. The molecule has 3 heteroatoms. The van der Waals surface area contributed by atoms with E-state index < -0.39 is 0 Å². The number of H-pyrrole nitrogens is 1. The van der Waals surface area contributed by atoms with Crippen LogP contribution in [0.2, 0.25) is 0 Å². The molecule has 0 radical (unpaired) electrons. The third-order valence-corrected chi connectivity index (χ3v) is 3.98. The third-order valence-electron chi connectivity index (χ3n) is 3.98. The first-order chi connectivity index (χ1) is 11.7. The van der Waals surface area contributed by atoms with Gasteiger partial charge in [-0.1, -0.05) is 60.2 Å². The zero-order chi connectivity index (χ0) is 16.9. The van der Waals surface area contributed by atoms with Crippen molar-refractivity contribution in [3.63, 3.8) is 0 Å². The second-order valence-corrected chi connectivity index (χ2v) is 5.82. The smallest absolute Gasteiger partial charge is 0.340 e. The summed E-state index contributed by atoms with van der Waals surface area (Å²) in [4.78, 5) is 15.8. The van der Waals surface area contributed by atoms with Crippen LogP contribution in [0, 0.1) is 6.92 Å². The van der Waals surface area contributed by atoms with Gasteiger partial charge in [-0.25, -0.2) is 4.79 Å². The zero-order valence-corrected chi connectivity index (χ0v) is 14.0. The summed E-state index contributed by atoms with van der Waals surface area (Å²) >= 11 is 0. The van der Waals surface area contributed by atoms with E-state index in [2.05, 4.69) is 30.1 Å². The predicted molar refractivity (Wildman–Crippen MR) is 96.2 cm³/mol. The molecule has 0 amide bonds. The Morgan fingerprint density at radius 2 is 1.88 bits per heavy atom. The molecule has 3 aromatic rings. The molecule has 1 heterocycles. The normalized spacial score (nSPS) is 10.6. The first kappa shape index (κ1) is 16.1. The number of aromatic nitrogens is 1. The van der Waals surface area contributed by atoms with Crippen LogP contribution in [0.15, 0.2) is 60.8 Å². The first-order valence-electron chi connectivity index (χ1n) is 8.17. The molecule has 0 atom stereocenters. The molecule has 0 saturated carbocycles. The van der Waals surface area contributed by atoms with E-state index in [0.29, 0.717) is 18.6 Å². The Bertz CT molecular complexity index is 834. The van der Waals surface area contributed by atoms with Crippen molar-refractivity contribution in [1.29, 1.82) is 0 Å². The number of benzene rings is 2. The summed E-state index contributed by atoms with van der Waals surface area (Å²) in [5.74, 6) is -0.278. The van der Waals surface area contributed by atoms with E-state index >= 15 is 0 Å². The number of carbonyl (C=O) groups is 1. The van der Waals surface area contributed by atoms with E-state index in [9.17, 15) is 4.79 Å². The minimum absolute atomic E-state index is 0.278. The van der Waals surface area contributed by atoms with Gasteiger partial charge in [0.25, 0.3) is 0 Å². The Balaban J connectivity index is 2.03. The number of aryl methyl sites for hydroxylation is 1. The lowest BCUT2D eigenvalue weighted by atomic mass is 9.99. The lowest BCUT2D eigenvalue weighted by Crippen LogP contribution is -2.08. The molecule has 1 N–H and O–H groups in total. The fraction of sp³-hybridized carbons (Fsp3) is 0.190. The minimum Gasteiger partial charge on any atom is -0.462 e. The van der Waals surface area contributed by atoms with E-state index in [1.165, 1.54) is 11.1 Å². The average molecular weight is 319 g/mol. The highest BCUT2D eigenvalue weighted by Crippen LogP contribution is 2.28. The fourth-order valence-electron chi connectivity index (χ4n) is 2.91. The summed E-state index contributed by atoms with van der Waals surface area (Å²) in [6.07, 6.45) is 2.61. The van der Waals surface area contributed by atoms with E-state index in [4.69, 9.17) is 4.74 Å². The summed E-state index contributed by atoms with van der Waals surface area (Å²) in [5, 5.41) is 0. The fourth-order valence-corrected chi connectivity index (χ4v) is 2.91. The maximum atomic E-state index is 12.5. The molecule has 0 fully saturated rings. The molecule has 0 aliphatic heterocycles. The molecule has 0 saturated heterocycles. The van der Waals surface area contributed by atoms with Crippen molar-refractivity contribution in [1.82, 2.24) is 4.98 Å². The summed E-state index contributed by atoms with van der Waals surface area (Å²) < 4.78 is 5.29. The van der Waals surface area contributed by atoms with Crippen LogP contribution in [0.5, 0.6) is 0 Å². The van der Waals surface area contributed by atoms with E-state index in [1.807, 2.05) is 49.5 Å². The van der Waals surface area contributed by atoms with Gasteiger partial charge >= 0.3 is 5.97 Å². The second-order valence-electron chi connectivity index (χ2n) is 5.82. The molecule has 2 aromatic carbocycles. The monoisotopic (exact) mass is 319 g/mol. The summed E-state index contributed by atoms with van der Waals surface area (Å²) in [7, 11) is 0. The molecule has 3 rings (SSSR count). The molecule has 122 valence electrons. The molecular formula is C21H21NO2. The lowest BCUT2D eigenvalue weighted by molar-refractivity contribution is 0.0526. The van der Waals surface area contributed by atoms with Crippen molar-refractivity contribution in [3.05, 3.63) is 83.0 Å². The Morgan fingerprint density at radius 1 is 1.08 bits per heavy atom. The molecule has 0 unspecified atom stereocenters. The molecule has 3 nitrogen and oxygen atoms in total. The van der Waals surface area contributed by atoms with E-state index in [0.717, 1.165) is 16.8 Å². The highest BCUT2D eigenvalue weighted by molar-refractivity contribution is 5.98. The Morgan fingerprint density at radius 3 is 2.58 bits per heavy atom. The number of esters is 1. The first-order valence-corrected chi connectivity index (χ1v) is 8.17. The third kappa shape index (κ3) is 3.40. The number of hydrogen-bond acceptors (Lipinski definition) is 2. The lowest BCUT2D eigenvalue weighted by Gasteiger charge is -2.08. The van der Waals surface area contributed by atoms with Gasteiger partial charge in [0.05, 0.1) is 17.9 Å². The Labute approximate surface area is 142 Å². The average Bonchev–Trinajstić information content (AvgIpc) is 2.99. The van der Waals surface area contributed by atoms with Gasteiger partial charge in [0, 0.05) is 6.20 Å². The van der Waals surface area contributed by atoms with Crippen LogP contribution in [0.4, 0.5) is 0 Å². The van der Waals surface area contributed by atoms with Crippen molar-refractivity contribution in [2.24, 2.45) is 0 Å². The Hall–Kier alpha value is -2.81. The van der Waals surface area contributed by atoms with Gasteiger partial charge in [0.15, 0.2) is 0 Å². The van der Waals surface area contributed by atoms with Gasteiger partial charge in [0.1, 0.15) is 0 Å². The van der Waals surface area contributed by atoms with Crippen LogP contribution < -0.4 is 0 Å². The van der Waals surface area contributed by atoms with E-state index in [-0.39, 0.29) is 5.97 Å². The van der Waals surface area contributed by atoms with Gasteiger partial charge in [0.2, 0.25) is 0 Å². The zero-order valence-electron chi connectivity index (χ0n) is 14.0. The van der Waals surface area contributed by atoms with Gasteiger partial charge in [-0.3, -0.25) is 0 Å². The molecular weight excluding hydrogens is 298 g/mol. The van der Waals surface area contributed by atoms with Crippen LogP contribution >= 0.6 is 0 Å². The van der Waals surface area contributed by atoms with Crippen molar-refractivity contribution >= 4 is 5.97 Å². The molecule has 0 aliphatic rings. The molecule has 0 spiro atoms. The van der Waals surface area contributed by atoms with Crippen molar-refractivity contribution in [3.8, 4) is 11.3 Å². The van der Waals surface area contributed by atoms with Crippen LogP contribution in [-0.2, 0) is 11.2 Å². The van der Waals surface area contributed by atoms with Crippen LogP contribution in [0.1, 0.15) is 34.0 Å². The maximum absolute atomic E-state index is 12.5. The second kappa shape index (κ2) is 7.18. The number of carbonyl (C=O) groups excluding carboxylic acids is 1. The molecule has 1 aromatic heterocycles. The maximum Gasteiger partial charge on any atom is 0.340 e. The van der Waals surface area contributed by atoms with Crippen LogP contribution in [0.3, 0.4) is 0 Å². The van der Waals surface area contributed by atoms with Crippen LogP contribution in [0.25, 0.3) is 11.3 Å². The summed E-state index contributed by atoms with van der Waals surface area (Å²) in [5.41, 5.74) is 5.78. The summed E-state index contributed by atoms with van der Waals surface area (Å²) in [6, 6.07) is 18.2. The van der Waals surface area contributed by atoms with Gasteiger partial charge in [-0.2, -0.15) is 0 Å². The van der Waals surface area contributed by atoms with Crippen molar-refractivity contribution in [2.45, 2.75) is 20.3 Å². The van der Waals surface area contributed by atoms with E-state index in [1.54, 1.807) is 0 Å². The van der Waals surface area contributed by atoms with Crippen molar-refractivity contribution in [2.75, 3.05) is 6.61 Å². The van der Waals surface area contributed by atoms with Crippen LogP contribution in [-0.4, -0.2) is 17.6 Å². The number of ether oxygens (including phenoxy) is 1. The number of nitrogens with one attached hydrogen (secondary N) is 1. The van der Waals surface area contributed by atoms with Gasteiger partial charge in [-0.05, 0) is 37.0 Å².